The average molecular weight is 328 g/mol. The summed E-state index contributed by atoms with van der Waals surface area (Å²) in [6.07, 6.45) is 1.94. The van der Waals surface area contributed by atoms with Crippen LogP contribution in [0.5, 0.6) is 5.75 Å². The van der Waals surface area contributed by atoms with Gasteiger partial charge in [0.15, 0.2) is 0 Å². The Morgan fingerprint density at radius 3 is 2.08 bits per heavy atom. The Bertz CT molecular complexity index is 856. The van der Waals surface area contributed by atoms with Gasteiger partial charge in [-0.3, -0.25) is 4.79 Å². The van der Waals surface area contributed by atoms with Crippen LogP contribution < -0.4 is 4.74 Å². The van der Waals surface area contributed by atoms with Crippen molar-refractivity contribution in [2.24, 2.45) is 5.92 Å². The van der Waals surface area contributed by atoms with Crippen molar-refractivity contribution >= 4 is 5.97 Å². The van der Waals surface area contributed by atoms with E-state index in [2.05, 4.69) is 12.1 Å². The summed E-state index contributed by atoms with van der Waals surface area (Å²) in [7, 11) is 0. The molecule has 0 amide bonds. The van der Waals surface area contributed by atoms with E-state index in [0.29, 0.717) is 5.75 Å². The predicted octanol–water partition coefficient (Wildman–Crippen LogP) is 5.45. The maximum absolute atomic E-state index is 12.7. The summed E-state index contributed by atoms with van der Waals surface area (Å²) >= 11 is 0. The number of benzene rings is 3. The molecular formula is C23H20O2. The van der Waals surface area contributed by atoms with Crippen molar-refractivity contribution in [3.63, 3.8) is 0 Å². The Morgan fingerprint density at radius 2 is 1.40 bits per heavy atom. The zero-order chi connectivity index (χ0) is 17.1. The first-order valence-corrected chi connectivity index (χ1v) is 8.74. The number of ether oxygens (including phenoxy) is 1. The number of carbonyl (C=O) groups excluding carboxylic acids is 1. The minimum Gasteiger partial charge on any atom is -0.426 e. The van der Waals surface area contributed by atoms with Crippen LogP contribution in [0.4, 0.5) is 0 Å². The number of rotatable bonds is 4. The van der Waals surface area contributed by atoms with Gasteiger partial charge in [-0.2, -0.15) is 0 Å². The number of esters is 1. The summed E-state index contributed by atoms with van der Waals surface area (Å²) in [5, 5.41) is 0. The molecule has 2 heteroatoms. The van der Waals surface area contributed by atoms with Gasteiger partial charge >= 0.3 is 5.97 Å². The standard InChI is InChI=1S/C23H20O2/c24-23(21-16-15-19(21)17-9-3-1-4-10-17)25-22-14-8-7-13-20(22)18-11-5-2-6-12-18/h1-14,19,21H,15-16H2. The lowest BCUT2D eigenvalue weighted by Crippen LogP contribution is -2.34. The van der Waals surface area contributed by atoms with Crippen LogP contribution in [0.15, 0.2) is 84.9 Å². The van der Waals surface area contributed by atoms with Gasteiger partial charge in [0.25, 0.3) is 0 Å². The molecule has 0 saturated heterocycles. The monoisotopic (exact) mass is 328 g/mol. The first-order valence-electron chi connectivity index (χ1n) is 8.74. The van der Waals surface area contributed by atoms with Crippen molar-refractivity contribution in [1.82, 2.24) is 0 Å². The third-order valence-corrected chi connectivity index (χ3v) is 4.99. The van der Waals surface area contributed by atoms with Crippen LogP contribution in [0.1, 0.15) is 24.3 Å². The van der Waals surface area contributed by atoms with Gasteiger partial charge in [0, 0.05) is 5.56 Å². The summed E-state index contributed by atoms with van der Waals surface area (Å²) in [5.41, 5.74) is 3.23. The quantitative estimate of drug-likeness (QED) is 0.470. The van der Waals surface area contributed by atoms with E-state index in [4.69, 9.17) is 4.74 Å². The van der Waals surface area contributed by atoms with Gasteiger partial charge < -0.3 is 4.74 Å². The van der Waals surface area contributed by atoms with Crippen molar-refractivity contribution in [3.05, 3.63) is 90.5 Å². The molecule has 0 radical (unpaired) electrons. The van der Waals surface area contributed by atoms with E-state index >= 15 is 0 Å². The van der Waals surface area contributed by atoms with E-state index in [1.807, 2.05) is 72.8 Å². The molecule has 1 saturated carbocycles. The van der Waals surface area contributed by atoms with E-state index in [1.165, 1.54) is 5.56 Å². The maximum Gasteiger partial charge on any atom is 0.314 e. The molecule has 0 bridgehead atoms. The fourth-order valence-corrected chi connectivity index (χ4v) is 3.48. The summed E-state index contributed by atoms with van der Waals surface area (Å²) < 4.78 is 5.82. The number of hydrogen-bond donors (Lipinski definition) is 0. The molecule has 2 unspecified atom stereocenters. The molecule has 1 fully saturated rings. The molecule has 2 nitrogen and oxygen atoms in total. The second-order valence-electron chi connectivity index (χ2n) is 6.48. The molecule has 3 aromatic carbocycles. The average Bonchev–Trinajstić information content (AvgIpc) is 2.63. The Labute approximate surface area is 148 Å². The lowest BCUT2D eigenvalue weighted by molar-refractivity contribution is -0.142. The van der Waals surface area contributed by atoms with Gasteiger partial charge in [-0.15, -0.1) is 0 Å². The maximum atomic E-state index is 12.7. The smallest absolute Gasteiger partial charge is 0.314 e. The van der Waals surface area contributed by atoms with Crippen molar-refractivity contribution in [2.75, 3.05) is 0 Å². The third-order valence-electron chi connectivity index (χ3n) is 4.99. The molecule has 4 rings (SSSR count). The Hall–Kier alpha value is -2.87. The molecule has 1 aliphatic carbocycles. The second kappa shape index (κ2) is 6.94. The summed E-state index contributed by atoms with van der Waals surface area (Å²) in [5.74, 6) is 0.740. The lowest BCUT2D eigenvalue weighted by atomic mass is 9.70. The topological polar surface area (TPSA) is 26.3 Å². The van der Waals surface area contributed by atoms with Gasteiger partial charge in [0.05, 0.1) is 5.92 Å². The zero-order valence-corrected chi connectivity index (χ0v) is 14.0. The van der Waals surface area contributed by atoms with Crippen LogP contribution in [-0.2, 0) is 4.79 Å². The van der Waals surface area contributed by atoms with Crippen LogP contribution in [-0.4, -0.2) is 5.97 Å². The molecule has 0 aromatic heterocycles. The van der Waals surface area contributed by atoms with E-state index in [0.717, 1.165) is 24.0 Å². The first kappa shape index (κ1) is 15.6. The van der Waals surface area contributed by atoms with Crippen LogP contribution in [0.25, 0.3) is 11.1 Å². The molecule has 2 atom stereocenters. The summed E-state index contributed by atoms with van der Waals surface area (Å²) in [6, 6.07) is 28.0. The molecule has 0 heterocycles. The number of hydrogen-bond acceptors (Lipinski definition) is 2. The molecule has 124 valence electrons. The van der Waals surface area contributed by atoms with Crippen molar-refractivity contribution < 1.29 is 9.53 Å². The molecule has 0 spiro atoms. The highest BCUT2D eigenvalue weighted by molar-refractivity contribution is 5.81. The molecule has 0 aliphatic heterocycles. The molecular weight excluding hydrogens is 308 g/mol. The minimum absolute atomic E-state index is 0.0498. The van der Waals surface area contributed by atoms with E-state index in [9.17, 15) is 4.79 Å². The predicted molar refractivity (Wildman–Crippen MR) is 99.4 cm³/mol. The largest absolute Gasteiger partial charge is 0.426 e. The Kier molecular flexibility index (Phi) is 4.34. The van der Waals surface area contributed by atoms with Crippen molar-refractivity contribution in [3.8, 4) is 16.9 Å². The SMILES string of the molecule is O=C(Oc1ccccc1-c1ccccc1)C1CCC1c1ccccc1. The zero-order valence-electron chi connectivity index (χ0n) is 14.0. The molecule has 0 N–H and O–H groups in total. The summed E-state index contributed by atoms with van der Waals surface area (Å²) in [4.78, 5) is 12.7. The highest BCUT2D eigenvalue weighted by Gasteiger charge is 2.39. The van der Waals surface area contributed by atoms with Gasteiger partial charge in [0.2, 0.25) is 0 Å². The second-order valence-corrected chi connectivity index (χ2v) is 6.48. The van der Waals surface area contributed by atoms with Gasteiger partial charge in [-0.05, 0) is 36.0 Å². The third kappa shape index (κ3) is 3.20. The normalized spacial score (nSPS) is 19.0. The van der Waals surface area contributed by atoms with Crippen molar-refractivity contribution in [2.45, 2.75) is 18.8 Å². The van der Waals surface area contributed by atoms with Crippen LogP contribution in [0.2, 0.25) is 0 Å². The fourth-order valence-electron chi connectivity index (χ4n) is 3.48. The fraction of sp³-hybridized carbons (Fsp3) is 0.174. The van der Waals surface area contributed by atoms with Gasteiger partial charge in [0.1, 0.15) is 5.75 Å². The van der Waals surface area contributed by atoms with E-state index in [1.54, 1.807) is 0 Å². The highest BCUT2D eigenvalue weighted by Crippen LogP contribution is 2.43. The number of para-hydroxylation sites is 1. The molecule has 1 aliphatic rings. The van der Waals surface area contributed by atoms with Gasteiger partial charge in [-0.1, -0.05) is 78.9 Å². The van der Waals surface area contributed by atoms with Crippen LogP contribution in [0, 0.1) is 5.92 Å². The van der Waals surface area contributed by atoms with E-state index < -0.39 is 0 Å². The Morgan fingerprint density at radius 1 is 0.760 bits per heavy atom. The first-order chi connectivity index (χ1) is 12.3. The van der Waals surface area contributed by atoms with Crippen LogP contribution in [0.3, 0.4) is 0 Å². The number of carbonyl (C=O) groups is 1. The van der Waals surface area contributed by atoms with Crippen LogP contribution >= 0.6 is 0 Å². The van der Waals surface area contributed by atoms with Gasteiger partial charge in [-0.25, -0.2) is 0 Å². The highest BCUT2D eigenvalue weighted by atomic mass is 16.5. The lowest BCUT2D eigenvalue weighted by Gasteiger charge is -2.35. The minimum atomic E-state index is -0.122. The Balaban J connectivity index is 1.54. The van der Waals surface area contributed by atoms with Crippen molar-refractivity contribution in [1.29, 1.82) is 0 Å². The molecule has 3 aromatic rings. The summed E-state index contributed by atoms with van der Waals surface area (Å²) in [6.45, 7) is 0. The van der Waals surface area contributed by atoms with E-state index in [-0.39, 0.29) is 17.8 Å². The molecule has 25 heavy (non-hydrogen) atoms.